The molecule has 0 spiro atoms. The van der Waals surface area contributed by atoms with Gasteiger partial charge in [-0.05, 0) is 38.8 Å². The van der Waals surface area contributed by atoms with Crippen LogP contribution in [0.15, 0.2) is 4.52 Å². The summed E-state index contributed by atoms with van der Waals surface area (Å²) in [5, 5.41) is 6.55. The zero-order valence-electron chi connectivity index (χ0n) is 16.2. The Morgan fingerprint density at radius 3 is 2.50 bits per heavy atom. The van der Waals surface area contributed by atoms with Gasteiger partial charge in [-0.2, -0.15) is 4.98 Å². The van der Waals surface area contributed by atoms with Crippen LogP contribution in [0.4, 0.5) is 10.7 Å². The Balaban J connectivity index is 1.71. The average Bonchev–Trinajstić information content (AvgIpc) is 3.03. The van der Waals surface area contributed by atoms with Crippen LogP contribution in [0.2, 0.25) is 0 Å². The summed E-state index contributed by atoms with van der Waals surface area (Å²) < 4.78 is 10.5. The van der Waals surface area contributed by atoms with Gasteiger partial charge in [0, 0.05) is 46.1 Å². The van der Waals surface area contributed by atoms with Crippen LogP contribution in [0.1, 0.15) is 51.8 Å². The van der Waals surface area contributed by atoms with Gasteiger partial charge in [0.2, 0.25) is 11.8 Å². The van der Waals surface area contributed by atoms with E-state index >= 15 is 0 Å². The molecule has 9 heteroatoms. The van der Waals surface area contributed by atoms with Crippen LogP contribution in [0.3, 0.4) is 0 Å². The number of likely N-dealkylation sites (tertiary alicyclic amines) is 1. The second-order valence-electron chi connectivity index (χ2n) is 7.66. The van der Waals surface area contributed by atoms with Crippen molar-refractivity contribution in [2.24, 2.45) is 0 Å². The lowest BCUT2D eigenvalue weighted by Crippen LogP contribution is -2.40. The first-order valence-corrected chi connectivity index (χ1v) is 8.91. The van der Waals surface area contributed by atoms with Crippen molar-refractivity contribution < 1.29 is 18.8 Å². The lowest BCUT2D eigenvalue weighted by molar-refractivity contribution is -0.132. The Kier molecular flexibility index (Phi) is 6.44. The maximum absolute atomic E-state index is 12.3. The number of ether oxygens (including phenoxy) is 1. The van der Waals surface area contributed by atoms with Crippen molar-refractivity contribution in [2.75, 3.05) is 38.6 Å². The van der Waals surface area contributed by atoms with Gasteiger partial charge in [-0.25, -0.2) is 4.79 Å². The highest BCUT2D eigenvalue weighted by atomic mass is 16.6. The van der Waals surface area contributed by atoms with E-state index in [-0.39, 0.29) is 24.8 Å². The van der Waals surface area contributed by atoms with Gasteiger partial charge in [-0.3, -0.25) is 4.79 Å². The van der Waals surface area contributed by atoms with Crippen molar-refractivity contribution in [1.29, 1.82) is 0 Å². The first-order valence-electron chi connectivity index (χ1n) is 8.91. The highest BCUT2D eigenvalue weighted by Crippen LogP contribution is 2.27. The summed E-state index contributed by atoms with van der Waals surface area (Å²) in [5.74, 6) is 1.40. The molecule has 0 radical (unpaired) electrons. The minimum Gasteiger partial charge on any atom is -0.444 e. The number of rotatable bonds is 5. The van der Waals surface area contributed by atoms with Gasteiger partial charge >= 0.3 is 6.09 Å². The van der Waals surface area contributed by atoms with Gasteiger partial charge in [0.25, 0.3) is 5.95 Å². The number of nitrogens with one attached hydrogen (secondary N) is 1. The van der Waals surface area contributed by atoms with E-state index in [4.69, 9.17) is 9.26 Å². The molecular formula is C17H29N5O4. The number of piperidine rings is 1. The van der Waals surface area contributed by atoms with Crippen molar-refractivity contribution in [1.82, 2.24) is 20.4 Å². The van der Waals surface area contributed by atoms with E-state index < -0.39 is 11.7 Å². The number of amides is 2. The fraction of sp³-hybridized carbons (Fsp3) is 0.765. The molecule has 0 unspecified atom stereocenters. The summed E-state index contributed by atoms with van der Waals surface area (Å²) in [4.78, 5) is 31.9. The molecule has 0 aromatic carbocycles. The van der Waals surface area contributed by atoms with Crippen LogP contribution in [-0.4, -0.2) is 66.4 Å². The summed E-state index contributed by atoms with van der Waals surface area (Å²) >= 11 is 0. The molecule has 1 aromatic heterocycles. The van der Waals surface area contributed by atoms with E-state index in [0.29, 0.717) is 24.9 Å². The SMILES string of the molecule is CN(C)c1noc(C2CCN(C(=O)CCNC(=O)OC(C)(C)C)CC2)n1. The average molecular weight is 367 g/mol. The lowest BCUT2D eigenvalue weighted by atomic mass is 9.96. The number of carbonyl (C=O) groups is 2. The van der Waals surface area contributed by atoms with Crippen molar-refractivity contribution in [3.8, 4) is 0 Å². The van der Waals surface area contributed by atoms with Crippen LogP contribution < -0.4 is 10.2 Å². The highest BCUT2D eigenvalue weighted by Gasteiger charge is 2.27. The molecule has 2 rings (SSSR count). The van der Waals surface area contributed by atoms with Gasteiger partial charge in [0.15, 0.2) is 0 Å². The number of carbonyl (C=O) groups excluding carboxylic acids is 2. The molecule has 1 fully saturated rings. The summed E-state index contributed by atoms with van der Waals surface area (Å²) in [6.07, 6.45) is 1.34. The van der Waals surface area contributed by atoms with Crippen molar-refractivity contribution >= 4 is 17.9 Å². The van der Waals surface area contributed by atoms with Crippen LogP contribution in [-0.2, 0) is 9.53 Å². The molecule has 26 heavy (non-hydrogen) atoms. The van der Waals surface area contributed by atoms with Crippen molar-refractivity contribution in [3.05, 3.63) is 5.89 Å². The lowest BCUT2D eigenvalue weighted by Gasteiger charge is -2.30. The third kappa shape index (κ3) is 5.89. The molecule has 1 aliphatic heterocycles. The number of aromatic nitrogens is 2. The Hall–Kier alpha value is -2.32. The maximum atomic E-state index is 12.3. The van der Waals surface area contributed by atoms with E-state index in [9.17, 15) is 9.59 Å². The van der Waals surface area contributed by atoms with E-state index in [1.165, 1.54) is 0 Å². The molecule has 1 N–H and O–H groups in total. The zero-order valence-corrected chi connectivity index (χ0v) is 16.2. The largest absolute Gasteiger partial charge is 0.444 e. The van der Waals surface area contributed by atoms with Gasteiger partial charge < -0.3 is 24.4 Å². The smallest absolute Gasteiger partial charge is 0.407 e. The van der Waals surface area contributed by atoms with E-state index in [2.05, 4.69) is 15.5 Å². The monoisotopic (exact) mass is 367 g/mol. The maximum Gasteiger partial charge on any atom is 0.407 e. The normalized spacial score (nSPS) is 15.7. The second kappa shape index (κ2) is 8.37. The Morgan fingerprint density at radius 1 is 1.31 bits per heavy atom. The molecule has 1 saturated heterocycles. The zero-order chi connectivity index (χ0) is 19.3. The molecule has 1 aromatic rings. The molecule has 1 aliphatic rings. The number of anilines is 1. The van der Waals surface area contributed by atoms with Crippen LogP contribution in [0.5, 0.6) is 0 Å². The third-order valence-electron chi connectivity index (χ3n) is 4.04. The minimum atomic E-state index is -0.544. The van der Waals surface area contributed by atoms with E-state index in [1.54, 1.807) is 25.7 Å². The standard InChI is InChI=1S/C17H29N5O4/c1-17(2,3)25-16(24)18-9-6-13(23)22-10-7-12(8-11-22)14-19-15(20-26-14)21(4)5/h12H,6-11H2,1-5H3,(H,18,24). The van der Waals surface area contributed by atoms with E-state index in [0.717, 1.165) is 12.8 Å². The fourth-order valence-corrected chi connectivity index (χ4v) is 2.69. The van der Waals surface area contributed by atoms with Crippen molar-refractivity contribution in [2.45, 2.75) is 51.6 Å². The first kappa shape index (κ1) is 20.0. The van der Waals surface area contributed by atoms with Gasteiger partial charge in [0.1, 0.15) is 5.60 Å². The number of hydrogen-bond donors (Lipinski definition) is 1. The van der Waals surface area contributed by atoms with Crippen LogP contribution >= 0.6 is 0 Å². The number of nitrogens with zero attached hydrogens (tertiary/aromatic N) is 4. The topological polar surface area (TPSA) is 101 Å². The molecule has 0 aliphatic carbocycles. The first-order chi connectivity index (χ1) is 12.2. The predicted molar refractivity (Wildman–Crippen MR) is 96.0 cm³/mol. The molecule has 2 amide bonds. The number of hydrogen-bond acceptors (Lipinski definition) is 7. The van der Waals surface area contributed by atoms with Crippen LogP contribution in [0, 0.1) is 0 Å². The molecule has 146 valence electrons. The van der Waals surface area contributed by atoms with Gasteiger partial charge in [-0.15, -0.1) is 0 Å². The summed E-state index contributed by atoms with van der Waals surface area (Å²) in [7, 11) is 3.72. The number of alkyl carbamates (subject to hydrolysis) is 1. The molecule has 2 heterocycles. The molecule has 0 atom stereocenters. The Morgan fingerprint density at radius 2 is 1.96 bits per heavy atom. The minimum absolute atomic E-state index is 0.0269. The highest BCUT2D eigenvalue weighted by molar-refractivity contribution is 5.77. The Labute approximate surface area is 154 Å². The van der Waals surface area contributed by atoms with Crippen molar-refractivity contribution in [3.63, 3.8) is 0 Å². The summed E-state index contributed by atoms with van der Waals surface area (Å²) in [6, 6.07) is 0. The molecule has 0 saturated carbocycles. The Bertz CT molecular complexity index is 615. The molecular weight excluding hydrogens is 338 g/mol. The van der Waals surface area contributed by atoms with Gasteiger partial charge in [-0.1, -0.05) is 0 Å². The molecule has 0 bridgehead atoms. The fourth-order valence-electron chi connectivity index (χ4n) is 2.69. The molecule has 9 nitrogen and oxygen atoms in total. The second-order valence-corrected chi connectivity index (χ2v) is 7.66. The third-order valence-corrected chi connectivity index (χ3v) is 4.04. The quantitative estimate of drug-likeness (QED) is 0.846. The predicted octanol–water partition coefficient (Wildman–Crippen LogP) is 1.76. The van der Waals surface area contributed by atoms with E-state index in [1.807, 2.05) is 19.0 Å². The van der Waals surface area contributed by atoms with Gasteiger partial charge in [0.05, 0.1) is 0 Å². The van der Waals surface area contributed by atoms with Crippen LogP contribution in [0.25, 0.3) is 0 Å². The summed E-state index contributed by atoms with van der Waals surface area (Å²) in [5.41, 5.74) is -0.544. The summed E-state index contributed by atoms with van der Waals surface area (Å²) in [6.45, 7) is 6.96.